The third-order valence-electron chi connectivity index (χ3n) is 2.65. The predicted octanol–water partition coefficient (Wildman–Crippen LogP) is 2.20. The van der Waals surface area contributed by atoms with Gasteiger partial charge in [0.1, 0.15) is 0 Å². The second-order valence-electron chi connectivity index (χ2n) is 4.21. The van der Waals surface area contributed by atoms with Crippen LogP contribution in [-0.4, -0.2) is 29.3 Å². The highest BCUT2D eigenvalue weighted by Crippen LogP contribution is 2.22. The fraction of sp³-hybridized carbons (Fsp3) is 0.462. The molecular formula is C13H18N2OS. The van der Waals surface area contributed by atoms with Gasteiger partial charge in [0, 0.05) is 19.1 Å². The van der Waals surface area contributed by atoms with Gasteiger partial charge in [-0.05, 0) is 32.0 Å². The van der Waals surface area contributed by atoms with Crippen LogP contribution in [0.3, 0.4) is 0 Å². The number of para-hydroxylation sites is 1. The van der Waals surface area contributed by atoms with Crippen LogP contribution in [0.2, 0.25) is 0 Å². The number of aliphatic hydroxyl groups is 1. The average Bonchev–Trinajstić information content (AvgIpc) is 2.71. The first-order chi connectivity index (χ1) is 8.29. The zero-order valence-corrected chi connectivity index (χ0v) is 10.8. The highest BCUT2D eigenvalue weighted by molar-refractivity contribution is 7.18. The molecule has 2 N–H and O–H groups in total. The minimum atomic E-state index is 0.251. The van der Waals surface area contributed by atoms with Crippen molar-refractivity contribution >= 4 is 21.6 Å². The van der Waals surface area contributed by atoms with Gasteiger partial charge in [-0.15, -0.1) is 11.3 Å². The lowest BCUT2D eigenvalue weighted by molar-refractivity contribution is 0.283. The molecule has 1 unspecified atom stereocenters. The number of nitrogens with zero attached hydrogens (tertiary/aromatic N) is 1. The molecule has 0 fully saturated rings. The van der Waals surface area contributed by atoms with Crippen LogP contribution in [0.1, 0.15) is 18.4 Å². The molecule has 17 heavy (non-hydrogen) atoms. The van der Waals surface area contributed by atoms with Crippen molar-refractivity contribution in [1.29, 1.82) is 0 Å². The SMILES string of the molecule is CC(Cc1nc2ccccc2s1)NCCCO. The standard InChI is InChI=1S/C13H18N2OS/c1-10(14-7-4-8-16)9-13-15-11-5-2-3-6-12(11)17-13/h2-3,5-6,10,14,16H,4,7-9H2,1H3. The molecule has 2 aromatic rings. The van der Waals surface area contributed by atoms with Gasteiger partial charge in [-0.1, -0.05) is 12.1 Å². The molecule has 0 radical (unpaired) electrons. The van der Waals surface area contributed by atoms with E-state index in [4.69, 9.17) is 5.11 Å². The van der Waals surface area contributed by atoms with E-state index >= 15 is 0 Å². The Labute approximate surface area is 106 Å². The molecule has 0 aliphatic rings. The molecular weight excluding hydrogens is 232 g/mol. The lowest BCUT2D eigenvalue weighted by Crippen LogP contribution is -2.29. The molecule has 4 heteroatoms. The quantitative estimate of drug-likeness (QED) is 0.773. The molecule has 1 aromatic heterocycles. The van der Waals surface area contributed by atoms with Gasteiger partial charge in [-0.25, -0.2) is 4.98 Å². The molecule has 0 aliphatic carbocycles. The minimum absolute atomic E-state index is 0.251. The number of fused-ring (bicyclic) bond motifs is 1. The van der Waals surface area contributed by atoms with Crippen LogP contribution in [0.25, 0.3) is 10.2 Å². The van der Waals surface area contributed by atoms with Crippen LogP contribution in [0.4, 0.5) is 0 Å². The van der Waals surface area contributed by atoms with Crippen molar-refractivity contribution in [2.75, 3.05) is 13.2 Å². The summed E-state index contributed by atoms with van der Waals surface area (Å²) in [6.07, 6.45) is 1.76. The Morgan fingerprint density at radius 2 is 2.24 bits per heavy atom. The van der Waals surface area contributed by atoms with Gasteiger partial charge in [-0.3, -0.25) is 0 Å². The van der Waals surface area contributed by atoms with Gasteiger partial charge in [0.2, 0.25) is 0 Å². The maximum absolute atomic E-state index is 8.71. The van der Waals surface area contributed by atoms with Gasteiger partial charge in [0.05, 0.1) is 15.2 Å². The van der Waals surface area contributed by atoms with Gasteiger partial charge in [-0.2, -0.15) is 0 Å². The summed E-state index contributed by atoms with van der Waals surface area (Å²) in [5, 5.41) is 13.3. The molecule has 3 nitrogen and oxygen atoms in total. The van der Waals surface area contributed by atoms with Crippen molar-refractivity contribution in [3.05, 3.63) is 29.3 Å². The Bertz CT molecular complexity index is 436. The van der Waals surface area contributed by atoms with E-state index < -0.39 is 0 Å². The second kappa shape index (κ2) is 6.10. The van der Waals surface area contributed by atoms with Crippen molar-refractivity contribution in [3.63, 3.8) is 0 Å². The highest BCUT2D eigenvalue weighted by atomic mass is 32.1. The Hall–Kier alpha value is -0.970. The van der Waals surface area contributed by atoms with Crippen LogP contribution in [0.5, 0.6) is 0 Å². The van der Waals surface area contributed by atoms with E-state index in [9.17, 15) is 0 Å². The Morgan fingerprint density at radius 1 is 1.41 bits per heavy atom. The molecule has 0 spiro atoms. The lowest BCUT2D eigenvalue weighted by Gasteiger charge is -2.11. The number of hydrogen-bond donors (Lipinski definition) is 2. The largest absolute Gasteiger partial charge is 0.396 e. The predicted molar refractivity (Wildman–Crippen MR) is 72.5 cm³/mol. The number of aliphatic hydroxyl groups excluding tert-OH is 1. The van der Waals surface area contributed by atoms with Crippen LogP contribution in [-0.2, 0) is 6.42 Å². The van der Waals surface area contributed by atoms with Crippen molar-refractivity contribution in [3.8, 4) is 0 Å². The van der Waals surface area contributed by atoms with E-state index in [0.29, 0.717) is 6.04 Å². The number of rotatable bonds is 6. The summed E-state index contributed by atoms with van der Waals surface area (Å²) in [4.78, 5) is 4.61. The van der Waals surface area contributed by atoms with Crippen molar-refractivity contribution < 1.29 is 5.11 Å². The number of aromatic nitrogens is 1. The fourth-order valence-corrected chi connectivity index (χ4v) is 2.86. The third kappa shape index (κ3) is 3.49. The first-order valence-electron chi connectivity index (χ1n) is 5.98. The number of hydrogen-bond acceptors (Lipinski definition) is 4. The number of benzene rings is 1. The summed E-state index contributed by atoms with van der Waals surface area (Å²) >= 11 is 1.76. The van der Waals surface area contributed by atoms with E-state index in [2.05, 4.69) is 29.4 Å². The zero-order chi connectivity index (χ0) is 12.1. The Morgan fingerprint density at radius 3 is 3.00 bits per heavy atom. The fourth-order valence-electron chi connectivity index (χ4n) is 1.77. The van der Waals surface area contributed by atoms with E-state index in [0.717, 1.165) is 24.9 Å². The highest BCUT2D eigenvalue weighted by Gasteiger charge is 2.07. The van der Waals surface area contributed by atoms with Gasteiger partial charge >= 0.3 is 0 Å². The lowest BCUT2D eigenvalue weighted by atomic mass is 10.2. The van der Waals surface area contributed by atoms with E-state index in [1.165, 1.54) is 9.71 Å². The Balaban J connectivity index is 1.93. The summed E-state index contributed by atoms with van der Waals surface area (Å²) in [6, 6.07) is 8.64. The second-order valence-corrected chi connectivity index (χ2v) is 5.33. The molecule has 0 saturated carbocycles. The summed E-state index contributed by atoms with van der Waals surface area (Å²) in [7, 11) is 0. The molecule has 0 aliphatic heterocycles. The molecule has 1 atom stereocenters. The smallest absolute Gasteiger partial charge is 0.0954 e. The van der Waals surface area contributed by atoms with Crippen molar-refractivity contribution in [2.45, 2.75) is 25.8 Å². The maximum Gasteiger partial charge on any atom is 0.0954 e. The van der Waals surface area contributed by atoms with E-state index in [-0.39, 0.29) is 6.61 Å². The van der Waals surface area contributed by atoms with E-state index in [1.54, 1.807) is 11.3 Å². The van der Waals surface area contributed by atoms with Crippen LogP contribution in [0, 0.1) is 0 Å². The van der Waals surface area contributed by atoms with Gasteiger partial charge in [0.25, 0.3) is 0 Å². The summed E-state index contributed by atoms with van der Waals surface area (Å²) in [5.41, 5.74) is 1.09. The molecule has 1 heterocycles. The molecule has 0 bridgehead atoms. The summed E-state index contributed by atoms with van der Waals surface area (Å²) in [5.74, 6) is 0. The zero-order valence-electron chi connectivity index (χ0n) is 10.0. The van der Waals surface area contributed by atoms with Gasteiger partial charge in [0.15, 0.2) is 0 Å². The molecule has 92 valence electrons. The molecule has 0 amide bonds. The van der Waals surface area contributed by atoms with Crippen molar-refractivity contribution in [2.24, 2.45) is 0 Å². The van der Waals surface area contributed by atoms with Crippen LogP contribution >= 0.6 is 11.3 Å². The molecule has 1 aromatic carbocycles. The normalized spacial score (nSPS) is 13.1. The monoisotopic (exact) mass is 250 g/mol. The molecule has 0 saturated heterocycles. The number of thiazole rings is 1. The van der Waals surface area contributed by atoms with Crippen LogP contribution in [0.15, 0.2) is 24.3 Å². The first kappa shape index (κ1) is 12.5. The van der Waals surface area contributed by atoms with Crippen LogP contribution < -0.4 is 5.32 Å². The maximum atomic E-state index is 8.71. The van der Waals surface area contributed by atoms with Gasteiger partial charge < -0.3 is 10.4 Å². The van der Waals surface area contributed by atoms with E-state index in [1.807, 2.05) is 12.1 Å². The topological polar surface area (TPSA) is 45.2 Å². The minimum Gasteiger partial charge on any atom is -0.396 e. The third-order valence-corrected chi connectivity index (χ3v) is 3.71. The molecule has 2 rings (SSSR count). The summed E-state index contributed by atoms with van der Waals surface area (Å²) < 4.78 is 1.25. The average molecular weight is 250 g/mol. The Kier molecular flexibility index (Phi) is 4.48. The first-order valence-corrected chi connectivity index (χ1v) is 6.80. The summed E-state index contributed by atoms with van der Waals surface area (Å²) in [6.45, 7) is 3.27. The number of nitrogens with one attached hydrogen (secondary N) is 1. The van der Waals surface area contributed by atoms with Crippen molar-refractivity contribution in [1.82, 2.24) is 10.3 Å².